The first-order valence-corrected chi connectivity index (χ1v) is 8.21. The summed E-state index contributed by atoms with van der Waals surface area (Å²) in [6, 6.07) is 15.5. The van der Waals surface area contributed by atoms with E-state index >= 15 is 0 Å². The maximum Gasteiger partial charge on any atom is 0.227 e. The van der Waals surface area contributed by atoms with E-state index in [1.807, 2.05) is 48.5 Å². The van der Waals surface area contributed by atoms with E-state index in [1.165, 1.54) is 0 Å². The zero-order chi connectivity index (χ0) is 16.5. The van der Waals surface area contributed by atoms with Gasteiger partial charge in [0.15, 0.2) is 5.58 Å². The summed E-state index contributed by atoms with van der Waals surface area (Å²) >= 11 is 0. The third kappa shape index (κ3) is 2.94. The van der Waals surface area contributed by atoms with Crippen LogP contribution in [0.15, 0.2) is 52.9 Å². The van der Waals surface area contributed by atoms with Crippen LogP contribution in [0.2, 0.25) is 0 Å². The number of aliphatic hydroxyl groups excluding tert-OH is 1. The van der Waals surface area contributed by atoms with E-state index in [0.29, 0.717) is 12.5 Å². The maximum atomic E-state index is 9.93. The van der Waals surface area contributed by atoms with Gasteiger partial charge in [-0.05, 0) is 42.7 Å². The molecule has 0 amide bonds. The molecule has 3 N–H and O–H groups in total. The largest absolute Gasteiger partial charge is 0.436 e. The highest BCUT2D eigenvalue weighted by Gasteiger charge is 2.32. The number of nitrogens with two attached hydrogens (primary N) is 1. The fourth-order valence-corrected chi connectivity index (χ4v) is 3.10. The van der Waals surface area contributed by atoms with E-state index < -0.39 is 6.10 Å². The Bertz CT molecular complexity index is 795. The lowest BCUT2D eigenvalue weighted by Gasteiger charge is -2.17. The molecule has 3 atom stereocenters. The Hall–Kier alpha value is -2.21. The Kier molecular flexibility index (Phi) is 4.06. The second-order valence-electron chi connectivity index (χ2n) is 6.26. The van der Waals surface area contributed by atoms with Gasteiger partial charge in [0.2, 0.25) is 5.89 Å². The summed E-state index contributed by atoms with van der Waals surface area (Å²) in [7, 11) is 0. The van der Waals surface area contributed by atoms with Crippen LogP contribution in [0, 0.1) is 0 Å². The normalized spacial score (nSPS) is 23.8. The molecule has 3 aromatic rings. The van der Waals surface area contributed by atoms with Gasteiger partial charge in [-0.1, -0.05) is 24.3 Å². The van der Waals surface area contributed by atoms with E-state index in [2.05, 4.69) is 4.98 Å². The van der Waals surface area contributed by atoms with Crippen molar-refractivity contribution >= 4 is 11.1 Å². The summed E-state index contributed by atoms with van der Waals surface area (Å²) in [6.45, 7) is 0.461. The van der Waals surface area contributed by atoms with Crippen molar-refractivity contribution < 1.29 is 14.3 Å². The standard InChI is InChI=1S/C19H20N2O3/c20-14-9-10-17(18(14)22)23-11-12-5-7-13(8-6-12)19-21-15-3-1-2-4-16(15)24-19/h1-8,14,17-18,22H,9-11,20H2/t14-,17+,18+/m0/s1. The van der Waals surface area contributed by atoms with Crippen molar-refractivity contribution in [3.63, 3.8) is 0 Å². The van der Waals surface area contributed by atoms with Gasteiger partial charge in [0, 0.05) is 11.6 Å². The van der Waals surface area contributed by atoms with Crippen molar-refractivity contribution in [3.05, 3.63) is 54.1 Å². The molecule has 24 heavy (non-hydrogen) atoms. The minimum atomic E-state index is -0.566. The minimum Gasteiger partial charge on any atom is -0.436 e. The molecule has 0 spiro atoms. The van der Waals surface area contributed by atoms with Crippen LogP contribution < -0.4 is 5.73 Å². The van der Waals surface area contributed by atoms with Crippen LogP contribution in [0.3, 0.4) is 0 Å². The molecule has 1 fully saturated rings. The van der Waals surface area contributed by atoms with Gasteiger partial charge < -0.3 is 20.0 Å². The number of nitrogens with zero attached hydrogens (tertiary/aromatic N) is 1. The lowest BCUT2D eigenvalue weighted by Crippen LogP contribution is -2.36. The summed E-state index contributed by atoms with van der Waals surface area (Å²) < 4.78 is 11.6. The third-order valence-corrected chi connectivity index (χ3v) is 4.56. The number of para-hydroxylation sites is 2. The lowest BCUT2D eigenvalue weighted by atomic mass is 10.1. The quantitative estimate of drug-likeness (QED) is 0.771. The summed E-state index contributed by atoms with van der Waals surface area (Å²) in [5.74, 6) is 0.612. The Morgan fingerprint density at radius 1 is 1.12 bits per heavy atom. The molecule has 1 aliphatic carbocycles. The average Bonchev–Trinajstić information content (AvgIpc) is 3.18. The van der Waals surface area contributed by atoms with Gasteiger partial charge in [0.05, 0.1) is 18.8 Å². The fraction of sp³-hybridized carbons (Fsp3) is 0.316. The molecule has 1 aliphatic rings. The fourth-order valence-electron chi connectivity index (χ4n) is 3.10. The topological polar surface area (TPSA) is 81.5 Å². The van der Waals surface area contributed by atoms with Crippen molar-refractivity contribution in [1.29, 1.82) is 0 Å². The minimum absolute atomic E-state index is 0.170. The molecule has 2 aromatic carbocycles. The number of aliphatic hydroxyl groups is 1. The van der Waals surface area contributed by atoms with Gasteiger partial charge >= 0.3 is 0 Å². The predicted molar refractivity (Wildman–Crippen MR) is 91.2 cm³/mol. The van der Waals surface area contributed by atoms with Crippen LogP contribution >= 0.6 is 0 Å². The molecule has 1 heterocycles. The molecule has 0 aliphatic heterocycles. The van der Waals surface area contributed by atoms with Crippen LogP contribution in [0.25, 0.3) is 22.6 Å². The number of aromatic nitrogens is 1. The molecule has 1 aromatic heterocycles. The van der Waals surface area contributed by atoms with Crippen molar-refractivity contribution in [3.8, 4) is 11.5 Å². The van der Waals surface area contributed by atoms with E-state index in [9.17, 15) is 5.11 Å². The molecule has 4 rings (SSSR count). The smallest absolute Gasteiger partial charge is 0.227 e. The van der Waals surface area contributed by atoms with Crippen molar-refractivity contribution in [2.24, 2.45) is 5.73 Å². The number of oxazole rings is 1. The number of fused-ring (bicyclic) bond motifs is 1. The monoisotopic (exact) mass is 324 g/mol. The van der Waals surface area contributed by atoms with Gasteiger partial charge in [-0.25, -0.2) is 4.98 Å². The molecule has 5 nitrogen and oxygen atoms in total. The molecular formula is C19H20N2O3. The maximum absolute atomic E-state index is 9.93. The number of benzene rings is 2. The average molecular weight is 324 g/mol. The number of rotatable bonds is 4. The summed E-state index contributed by atoms with van der Waals surface area (Å²) in [6.07, 6.45) is 0.881. The highest BCUT2D eigenvalue weighted by molar-refractivity contribution is 5.75. The molecular weight excluding hydrogens is 304 g/mol. The zero-order valence-electron chi connectivity index (χ0n) is 13.3. The van der Waals surface area contributed by atoms with E-state index in [-0.39, 0.29) is 12.1 Å². The second kappa shape index (κ2) is 6.36. The Labute approximate surface area is 140 Å². The SMILES string of the molecule is N[C@H]1CC[C@@H](OCc2ccc(-c3nc4ccccc4o3)cc2)[C@@H]1O. The first-order chi connectivity index (χ1) is 11.7. The van der Waals surface area contributed by atoms with Crippen LogP contribution in [0.5, 0.6) is 0 Å². The molecule has 0 saturated heterocycles. The predicted octanol–water partition coefficient (Wildman–Crippen LogP) is 2.86. The Morgan fingerprint density at radius 3 is 2.62 bits per heavy atom. The van der Waals surface area contributed by atoms with Crippen LogP contribution in [0.1, 0.15) is 18.4 Å². The first kappa shape index (κ1) is 15.3. The molecule has 0 bridgehead atoms. The van der Waals surface area contributed by atoms with Crippen LogP contribution in [-0.2, 0) is 11.3 Å². The van der Waals surface area contributed by atoms with Crippen molar-refractivity contribution in [2.45, 2.75) is 37.7 Å². The van der Waals surface area contributed by atoms with Gasteiger partial charge in [-0.2, -0.15) is 0 Å². The Balaban J connectivity index is 1.44. The van der Waals surface area contributed by atoms with Gasteiger partial charge in [0.1, 0.15) is 5.52 Å². The van der Waals surface area contributed by atoms with Crippen LogP contribution in [0.4, 0.5) is 0 Å². The highest BCUT2D eigenvalue weighted by atomic mass is 16.5. The van der Waals surface area contributed by atoms with Crippen molar-refractivity contribution in [2.75, 3.05) is 0 Å². The molecule has 1 saturated carbocycles. The Morgan fingerprint density at radius 2 is 1.92 bits per heavy atom. The zero-order valence-corrected chi connectivity index (χ0v) is 13.3. The van der Waals surface area contributed by atoms with E-state index in [1.54, 1.807) is 0 Å². The third-order valence-electron chi connectivity index (χ3n) is 4.56. The van der Waals surface area contributed by atoms with Gasteiger partial charge in [-0.3, -0.25) is 0 Å². The summed E-state index contributed by atoms with van der Waals surface area (Å²) in [5, 5.41) is 9.93. The summed E-state index contributed by atoms with van der Waals surface area (Å²) in [5.41, 5.74) is 9.42. The molecule has 124 valence electrons. The highest BCUT2D eigenvalue weighted by Crippen LogP contribution is 2.25. The molecule has 5 heteroatoms. The number of hydrogen-bond acceptors (Lipinski definition) is 5. The summed E-state index contributed by atoms with van der Waals surface area (Å²) in [4.78, 5) is 4.50. The molecule has 0 radical (unpaired) electrons. The van der Waals surface area contributed by atoms with Crippen molar-refractivity contribution in [1.82, 2.24) is 4.98 Å². The number of hydrogen-bond donors (Lipinski definition) is 2. The van der Waals surface area contributed by atoms with E-state index in [0.717, 1.165) is 35.1 Å². The lowest BCUT2D eigenvalue weighted by molar-refractivity contribution is -0.0313. The van der Waals surface area contributed by atoms with Gasteiger partial charge in [0.25, 0.3) is 0 Å². The van der Waals surface area contributed by atoms with Gasteiger partial charge in [-0.15, -0.1) is 0 Å². The number of ether oxygens (including phenoxy) is 1. The second-order valence-corrected chi connectivity index (χ2v) is 6.26. The van der Waals surface area contributed by atoms with E-state index in [4.69, 9.17) is 14.9 Å². The molecule has 0 unspecified atom stereocenters. The first-order valence-electron chi connectivity index (χ1n) is 8.21. The van der Waals surface area contributed by atoms with Crippen LogP contribution in [-0.4, -0.2) is 28.3 Å².